The highest BCUT2D eigenvalue weighted by Gasteiger charge is 2.34. The first kappa shape index (κ1) is 22.1. The zero-order valence-corrected chi connectivity index (χ0v) is 19.3. The third-order valence-electron chi connectivity index (χ3n) is 5.41. The van der Waals surface area contributed by atoms with E-state index in [0.717, 1.165) is 27.2 Å². The number of carboxylic acids is 1. The van der Waals surface area contributed by atoms with Gasteiger partial charge in [-0.15, -0.1) is 11.8 Å². The Hall–Kier alpha value is -2.07. The number of hydrogen-bond acceptors (Lipinski definition) is 5. The summed E-state index contributed by atoms with van der Waals surface area (Å²) in [5, 5.41) is 11.5. The van der Waals surface area contributed by atoms with E-state index in [0.29, 0.717) is 24.5 Å². The maximum atomic E-state index is 13.1. The number of halogens is 1. The lowest BCUT2D eigenvalue weighted by Gasteiger charge is -2.16. The van der Waals surface area contributed by atoms with Crippen LogP contribution < -0.4 is 0 Å². The van der Waals surface area contributed by atoms with E-state index in [1.54, 1.807) is 40.6 Å². The van der Waals surface area contributed by atoms with Crippen LogP contribution in [-0.2, 0) is 21.4 Å². The van der Waals surface area contributed by atoms with Gasteiger partial charge in [0.05, 0.1) is 10.5 Å². The number of thioether (sulfide) groups is 1. The summed E-state index contributed by atoms with van der Waals surface area (Å²) in [5.74, 6) is -0.110. The number of sulfonamides is 1. The lowest BCUT2D eigenvalue weighted by atomic mass is 9.98. The summed E-state index contributed by atoms with van der Waals surface area (Å²) in [7, 11) is -3.64. The molecular weight excluding hydrogens is 458 g/mol. The smallest absolute Gasteiger partial charge is 0.323 e. The van der Waals surface area contributed by atoms with Gasteiger partial charge in [0.2, 0.25) is 10.0 Å². The number of rotatable bonds is 7. The second-order valence-electron chi connectivity index (χ2n) is 7.38. The highest BCUT2D eigenvalue weighted by molar-refractivity contribution is 7.99. The fraction of sp³-hybridized carbons (Fsp3) is 0.333. The predicted octanol–water partition coefficient (Wildman–Crippen LogP) is 4.06. The van der Waals surface area contributed by atoms with Crippen molar-refractivity contribution >= 4 is 50.3 Å². The fourth-order valence-electron chi connectivity index (χ4n) is 4.00. The summed E-state index contributed by atoms with van der Waals surface area (Å²) >= 11 is 7.68. The van der Waals surface area contributed by atoms with Crippen LogP contribution in [0.2, 0.25) is 5.02 Å². The Bertz CT molecular complexity index is 1230. The van der Waals surface area contributed by atoms with Gasteiger partial charge in [-0.3, -0.25) is 4.79 Å². The molecule has 0 radical (unpaired) electrons. The van der Waals surface area contributed by atoms with E-state index in [1.165, 1.54) is 10.5 Å². The van der Waals surface area contributed by atoms with E-state index in [2.05, 4.69) is 4.98 Å². The molecule has 1 N–H and O–H groups in total. The molecule has 1 atom stereocenters. The Labute approximate surface area is 190 Å². The summed E-state index contributed by atoms with van der Waals surface area (Å²) in [5.41, 5.74) is 1.68. The van der Waals surface area contributed by atoms with Crippen molar-refractivity contribution in [3.05, 3.63) is 53.3 Å². The Balaban J connectivity index is 1.61. The topological polar surface area (TPSA) is 92.5 Å². The first-order chi connectivity index (χ1) is 14.8. The summed E-state index contributed by atoms with van der Waals surface area (Å²) < 4.78 is 29.4. The van der Waals surface area contributed by atoms with Crippen LogP contribution in [0.4, 0.5) is 0 Å². The highest BCUT2D eigenvalue weighted by atomic mass is 35.5. The van der Waals surface area contributed by atoms with Gasteiger partial charge in [-0.05, 0) is 42.0 Å². The zero-order chi connectivity index (χ0) is 22.2. The lowest BCUT2D eigenvalue weighted by molar-refractivity contribution is -0.137. The SMILES string of the molecule is CCSc1ccc(S(=O)(=O)N2CCC(c3cn(CC(=O)O)c4cc(Cl)ccc34)C2)cn1. The summed E-state index contributed by atoms with van der Waals surface area (Å²) in [6.07, 6.45) is 3.89. The third-order valence-corrected chi connectivity index (χ3v) is 8.32. The average Bonchev–Trinajstić information content (AvgIpc) is 3.34. The largest absolute Gasteiger partial charge is 0.480 e. The van der Waals surface area contributed by atoms with Gasteiger partial charge in [-0.2, -0.15) is 4.31 Å². The number of nitrogens with zero attached hydrogens (tertiary/aromatic N) is 3. The fourth-order valence-corrected chi connectivity index (χ4v) is 6.20. The van der Waals surface area contributed by atoms with Gasteiger partial charge in [0.15, 0.2) is 0 Å². The molecule has 1 unspecified atom stereocenters. The Morgan fingerprint density at radius 3 is 2.81 bits per heavy atom. The van der Waals surface area contributed by atoms with Gasteiger partial charge in [-0.25, -0.2) is 13.4 Å². The van der Waals surface area contributed by atoms with Gasteiger partial charge in [0, 0.05) is 41.8 Å². The first-order valence-corrected chi connectivity index (χ1v) is 12.7. The van der Waals surface area contributed by atoms with Crippen molar-refractivity contribution in [2.75, 3.05) is 18.8 Å². The minimum Gasteiger partial charge on any atom is -0.480 e. The van der Waals surface area contributed by atoms with Crippen LogP contribution in [0.25, 0.3) is 10.9 Å². The second-order valence-corrected chi connectivity index (χ2v) is 11.0. The molecule has 1 aromatic carbocycles. The van der Waals surface area contributed by atoms with Crippen LogP contribution >= 0.6 is 23.4 Å². The van der Waals surface area contributed by atoms with Crippen molar-refractivity contribution in [1.29, 1.82) is 0 Å². The third kappa shape index (κ3) is 4.45. The number of pyridine rings is 1. The van der Waals surface area contributed by atoms with E-state index in [9.17, 15) is 18.3 Å². The predicted molar refractivity (Wildman–Crippen MR) is 121 cm³/mol. The van der Waals surface area contributed by atoms with Gasteiger partial charge >= 0.3 is 5.97 Å². The maximum Gasteiger partial charge on any atom is 0.323 e. The van der Waals surface area contributed by atoms with Crippen molar-refractivity contribution in [2.45, 2.75) is 35.7 Å². The molecule has 4 rings (SSSR count). The minimum absolute atomic E-state index is 0.0311. The normalized spacial score (nSPS) is 17.4. The van der Waals surface area contributed by atoms with E-state index >= 15 is 0 Å². The summed E-state index contributed by atoms with van der Waals surface area (Å²) in [6, 6.07) is 8.72. The molecule has 0 spiro atoms. The van der Waals surface area contributed by atoms with Crippen LogP contribution in [0, 0.1) is 0 Å². The molecular formula is C21H22ClN3O4S2. The number of benzene rings is 1. The van der Waals surface area contributed by atoms with Gasteiger partial charge in [0.1, 0.15) is 11.4 Å². The molecule has 1 saturated heterocycles. The molecule has 3 heterocycles. The zero-order valence-electron chi connectivity index (χ0n) is 16.9. The van der Waals surface area contributed by atoms with Crippen molar-refractivity contribution in [1.82, 2.24) is 13.9 Å². The van der Waals surface area contributed by atoms with Gasteiger partial charge in [0.25, 0.3) is 0 Å². The van der Waals surface area contributed by atoms with Crippen LogP contribution in [0.5, 0.6) is 0 Å². The number of aliphatic carboxylic acids is 1. The van der Waals surface area contributed by atoms with Crippen molar-refractivity contribution in [3.63, 3.8) is 0 Å². The molecule has 31 heavy (non-hydrogen) atoms. The van der Waals surface area contributed by atoms with Crippen LogP contribution in [-0.4, -0.2) is 52.2 Å². The van der Waals surface area contributed by atoms with Crippen LogP contribution in [0.1, 0.15) is 24.8 Å². The number of fused-ring (bicyclic) bond motifs is 1. The van der Waals surface area contributed by atoms with Crippen LogP contribution in [0.15, 0.2) is 52.6 Å². The van der Waals surface area contributed by atoms with Gasteiger partial charge < -0.3 is 9.67 Å². The number of aromatic nitrogens is 2. The highest BCUT2D eigenvalue weighted by Crippen LogP contribution is 2.36. The Kier molecular flexibility index (Phi) is 6.30. The molecule has 0 amide bonds. The molecule has 0 saturated carbocycles. The first-order valence-electron chi connectivity index (χ1n) is 9.88. The number of hydrogen-bond donors (Lipinski definition) is 1. The van der Waals surface area contributed by atoms with Gasteiger partial charge in [-0.1, -0.05) is 24.6 Å². The molecule has 10 heteroatoms. The molecule has 3 aromatic rings. The molecule has 1 fully saturated rings. The standard InChI is InChI=1S/C21H22ClN3O4S2/c1-2-30-20-6-4-16(10-23-20)31(28,29)25-8-7-14(11-25)18-12-24(13-21(26)27)19-9-15(22)3-5-17(18)19/h3-6,9-10,12,14H,2,7-8,11,13H2,1H3,(H,26,27). The average molecular weight is 480 g/mol. The maximum absolute atomic E-state index is 13.1. The van der Waals surface area contributed by atoms with E-state index < -0.39 is 16.0 Å². The van der Waals surface area contributed by atoms with E-state index in [-0.39, 0.29) is 17.4 Å². The quantitative estimate of drug-likeness (QED) is 0.513. The lowest BCUT2D eigenvalue weighted by Crippen LogP contribution is -2.28. The number of carboxylic acid groups (broad SMARTS) is 1. The van der Waals surface area contributed by atoms with Crippen molar-refractivity contribution in [2.24, 2.45) is 0 Å². The molecule has 164 valence electrons. The molecule has 0 bridgehead atoms. The Morgan fingerprint density at radius 2 is 2.13 bits per heavy atom. The van der Waals surface area contributed by atoms with Crippen molar-refractivity contribution < 1.29 is 18.3 Å². The summed E-state index contributed by atoms with van der Waals surface area (Å²) in [6.45, 7) is 2.57. The molecule has 1 aliphatic heterocycles. The molecule has 0 aliphatic carbocycles. The van der Waals surface area contributed by atoms with Crippen molar-refractivity contribution in [3.8, 4) is 0 Å². The second kappa shape index (κ2) is 8.82. The minimum atomic E-state index is -3.64. The molecule has 1 aliphatic rings. The monoisotopic (exact) mass is 479 g/mol. The van der Waals surface area contributed by atoms with Crippen LogP contribution in [0.3, 0.4) is 0 Å². The summed E-state index contributed by atoms with van der Waals surface area (Å²) in [4.78, 5) is 15.7. The van der Waals surface area contributed by atoms with E-state index in [1.807, 2.05) is 19.2 Å². The Morgan fingerprint density at radius 1 is 1.32 bits per heavy atom. The molecule has 2 aromatic heterocycles. The number of carbonyl (C=O) groups is 1. The van der Waals surface area contributed by atoms with E-state index in [4.69, 9.17) is 11.6 Å². The molecule has 7 nitrogen and oxygen atoms in total.